The van der Waals surface area contributed by atoms with Gasteiger partial charge in [0.1, 0.15) is 10.8 Å². The van der Waals surface area contributed by atoms with E-state index < -0.39 is 0 Å². The molecular weight excluding hydrogens is 428 g/mol. The minimum Gasteiger partial charge on any atom is -0.497 e. The maximum absolute atomic E-state index is 6.23. The van der Waals surface area contributed by atoms with Crippen molar-refractivity contribution in [3.63, 3.8) is 0 Å². The van der Waals surface area contributed by atoms with Gasteiger partial charge in [-0.1, -0.05) is 18.5 Å². The van der Waals surface area contributed by atoms with E-state index in [4.69, 9.17) is 21.3 Å². The summed E-state index contributed by atoms with van der Waals surface area (Å²) in [5, 5.41) is 9.72. The van der Waals surface area contributed by atoms with Gasteiger partial charge in [-0.15, -0.1) is 11.3 Å². The summed E-state index contributed by atoms with van der Waals surface area (Å²) in [7, 11) is 1.69. The van der Waals surface area contributed by atoms with Crippen molar-refractivity contribution in [2.45, 2.75) is 26.3 Å². The van der Waals surface area contributed by atoms with Crippen molar-refractivity contribution in [1.29, 1.82) is 0 Å². The molecule has 2 aromatic heterocycles. The van der Waals surface area contributed by atoms with Gasteiger partial charge >= 0.3 is 0 Å². The third-order valence-electron chi connectivity index (χ3n) is 5.28. The molecule has 0 aliphatic heterocycles. The quantitative estimate of drug-likeness (QED) is 0.227. The Labute approximate surface area is 192 Å². The third-order valence-corrected chi connectivity index (χ3v) is 6.28. The molecule has 0 aliphatic carbocycles. The van der Waals surface area contributed by atoms with E-state index in [1.54, 1.807) is 18.4 Å². The van der Waals surface area contributed by atoms with Crippen LogP contribution in [-0.2, 0) is 6.54 Å². The Kier molecular flexibility index (Phi) is 7.22. The number of hydrogen-bond donors (Lipinski definition) is 1. The number of halogens is 1. The summed E-state index contributed by atoms with van der Waals surface area (Å²) in [6.07, 6.45) is 4.05. The summed E-state index contributed by atoms with van der Waals surface area (Å²) < 4.78 is 5.45. The summed E-state index contributed by atoms with van der Waals surface area (Å²) in [4.78, 5) is 11.7. The molecule has 0 fully saturated rings. The topological polar surface area (TPSA) is 50.3 Å². The second kappa shape index (κ2) is 10.3. The monoisotopic (exact) mass is 454 g/mol. The average Bonchev–Trinajstić information content (AvgIpc) is 3.28. The Morgan fingerprint density at radius 1 is 1.10 bits per heavy atom. The number of fused-ring (bicyclic) bond motifs is 2. The van der Waals surface area contributed by atoms with E-state index in [0.717, 1.165) is 72.3 Å². The van der Waals surface area contributed by atoms with E-state index in [0.29, 0.717) is 5.02 Å². The van der Waals surface area contributed by atoms with Gasteiger partial charge in [0, 0.05) is 40.5 Å². The lowest BCUT2D eigenvalue weighted by atomic mass is 10.1. The molecule has 2 aromatic carbocycles. The molecule has 7 heteroatoms. The SMILES string of the molecule is CCCN(CCCNc1c2ccc(Cl)cc2nc2ccc(OC)cc12)Cc1nccs1. The number of aromatic nitrogens is 2. The highest BCUT2D eigenvalue weighted by atomic mass is 35.5. The largest absolute Gasteiger partial charge is 0.497 e. The summed E-state index contributed by atoms with van der Waals surface area (Å²) in [6, 6.07) is 11.9. The molecule has 0 aliphatic rings. The summed E-state index contributed by atoms with van der Waals surface area (Å²) in [5.41, 5.74) is 2.90. The lowest BCUT2D eigenvalue weighted by molar-refractivity contribution is 0.265. The van der Waals surface area contributed by atoms with Gasteiger partial charge in [-0.05, 0) is 55.8 Å². The standard InChI is InChI=1S/C24H27ClN4OS/c1-3-11-29(16-23-26-10-13-31-23)12-4-9-27-24-19-7-5-17(25)14-22(19)28-21-8-6-18(30-2)15-20(21)24/h5-8,10,13-15H,3-4,9,11-12,16H2,1-2H3,(H,27,28). The van der Waals surface area contributed by atoms with E-state index in [9.17, 15) is 0 Å². The zero-order valence-electron chi connectivity index (χ0n) is 17.9. The summed E-state index contributed by atoms with van der Waals surface area (Å²) in [5.74, 6) is 0.822. The van der Waals surface area contributed by atoms with Gasteiger partial charge in [-0.25, -0.2) is 9.97 Å². The van der Waals surface area contributed by atoms with Crippen LogP contribution in [0.25, 0.3) is 21.8 Å². The first-order valence-electron chi connectivity index (χ1n) is 10.6. The van der Waals surface area contributed by atoms with Crippen molar-refractivity contribution < 1.29 is 4.74 Å². The fourth-order valence-corrected chi connectivity index (χ4v) is 4.66. The molecule has 162 valence electrons. The van der Waals surface area contributed by atoms with Crippen LogP contribution in [0.1, 0.15) is 24.8 Å². The second-order valence-corrected chi connectivity index (χ2v) is 8.93. The number of benzene rings is 2. The first-order valence-corrected chi connectivity index (χ1v) is 11.9. The number of nitrogens with zero attached hydrogens (tertiary/aromatic N) is 3. The van der Waals surface area contributed by atoms with Crippen LogP contribution in [0.5, 0.6) is 5.75 Å². The number of pyridine rings is 1. The Balaban J connectivity index is 1.53. The number of rotatable bonds is 10. The fraction of sp³-hybridized carbons (Fsp3) is 0.333. The first kappa shape index (κ1) is 21.8. The first-order chi connectivity index (χ1) is 15.2. The van der Waals surface area contributed by atoms with Gasteiger partial charge in [0.15, 0.2) is 0 Å². The van der Waals surface area contributed by atoms with Crippen LogP contribution in [0.4, 0.5) is 5.69 Å². The predicted octanol–water partition coefficient (Wildman–Crippen LogP) is 6.22. The molecule has 4 aromatic rings. The molecule has 0 atom stereocenters. The second-order valence-electron chi connectivity index (χ2n) is 7.51. The highest BCUT2D eigenvalue weighted by molar-refractivity contribution is 7.09. The number of hydrogen-bond acceptors (Lipinski definition) is 6. The number of anilines is 1. The molecule has 31 heavy (non-hydrogen) atoms. The lowest BCUT2D eigenvalue weighted by Crippen LogP contribution is -2.26. The van der Waals surface area contributed by atoms with Crippen LogP contribution in [0.15, 0.2) is 48.0 Å². The molecule has 0 unspecified atom stereocenters. The van der Waals surface area contributed by atoms with E-state index >= 15 is 0 Å². The summed E-state index contributed by atoms with van der Waals surface area (Å²) >= 11 is 7.95. The molecule has 0 radical (unpaired) electrons. The Bertz CT molecular complexity index is 1150. The highest BCUT2D eigenvalue weighted by Crippen LogP contribution is 2.34. The maximum atomic E-state index is 6.23. The van der Waals surface area contributed by atoms with Crippen molar-refractivity contribution in [2.24, 2.45) is 0 Å². The van der Waals surface area contributed by atoms with Crippen molar-refractivity contribution in [3.8, 4) is 5.75 Å². The van der Waals surface area contributed by atoms with Crippen LogP contribution >= 0.6 is 22.9 Å². The molecule has 0 spiro atoms. The Hall–Kier alpha value is -2.41. The smallest absolute Gasteiger partial charge is 0.119 e. The van der Waals surface area contributed by atoms with Crippen LogP contribution < -0.4 is 10.1 Å². The molecule has 0 bridgehead atoms. The molecule has 0 saturated carbocycles. The third kappa shape index (κ3) is 5.26. The average molecular weight is 455 g/mol. The van der Waals surface area contributed by atoms with E-state index in [2.05, 4.69) is 22.1 Å². The van der Waals surface area contributed by atoms with Crippen LogP contribution in [0.2, 0.25) is 5.02 Å². The van der Waals surface area contributed by atoms with Gasteiger partial charge < -0.3 is 10.1 Å². The predicted molar refractivity (Wildman–Crippen MR) is 132 cm³/mol. The molecule has 2 heterocycles. The molecule has 5 nitrogen and oxygen atoms in total. The highest BCUT2D eigenvalue weighted by Gasteiger charge is 2.12. The van der Waals surface area contributed by atoms with Crippen molar-refractivity contribution in [1.82, 2.24) is 14.9 Å². The summed E-state index contributed by atoms with van der Waals surface area (Å²) in [6.45, 7) is 6.11. The van der Waals surface area contributed by atoms with Crippen LogP contribution in [0, 0.1) is 0 Å². The van der Waals surface area contributed by atoms with Gasteiger partial charge in [-0.2, -0.15) is 0 Å². The zero-order valence-corrected chi connectivity index (χ0v) is 19.5. The number of nitrogens with one attached hydrogen (secondary N) is 1. The van der Waals surface area contributed by atoms with Crippen LogP contribution in [-0.4, -0.2) is 41.6 Å². The van der Waals surface area contributed by atoms with E-state index in [1.807, 2.05) is 48.0 Å². The zero-order chi connectivity index (χ0) is 21.6. The van der Waals surface area contributed by atoms with Crippen molar-refractivity contribution >= 4 is 50.4 Å². The Morgan fingerprint density at radius 2 is 2.00 bits per heavy atom. The number of methoxy groups -OCH3 is 1. The fourth-order valence-electron chi connectivity index (χ4n) is 3.84. The van der Waals surface area contributed by atoms with Gasteiger partial charge in [0.2, 0.25) is 0 Å². The number of ether oxygens (including phenoxy) is 1. The molecule has 4 rings (SSSR count). The van der Waals surface area contributed by atoms with E-state index in [-0.39, 0.29) is 0 Å². The molecule has 1 N–H and O–H groups in total. The minimum atomic E-state index is 0.691. The number of thiazole rings is 1. The van der Waals surface area contributed by atoms with Gasteiger partial charge in [-0.3, -0.25) is 4.90 Å². The molecule has 0 saturated heterocycles. The van der Waals surface area contributed by atoms with Gasteiger partial charge in [0.05, 0.1) is 30.4 Å². The minimum absolute atomic E-state index is 0.691. The van der Waals surface area contributed by atoms with Gasteiger partial charge in [0.25, 0.3) is 0 Å². The van der Waals surface area contributed by atoms with Crippen molar-refractivity contribution in [2.75, 3.05) is 32.1 Å². The maximum Gasteiger partial charge on any atom is 0.119 e. The van der Waals surface area contributed by atoms with E-state index in [1.165, 1.54) is 5.01 Å². The normalized spacial score (nSPS) is 11.5. The van der Waals surface area contributed by atoms with Crippen LogP contribution in [0.3, 0.4) is 0 Å². The molecule has 0 amide bonds. The van der Waals surface area contributed by atoms with Crippen molar-refractivity contribution in [3.05, 3.63) is 58.0 Å². The molecular formula is C24H27ClN4OS. The Morgan fingerprint density at radius 3 is 2.77 bits per heavy atom. The lowest BCUT2D eigenvalue weighted by Gasteiger charge is -2.21.